The van der Waals surface area contributed by atoms with Crippen molar-refractivity contribution in [3.05, 3.63) is 83.2 Å². The largest absolute Gasteiger partial charge is 0.497 e. The van der Waals surface area contributed by atoms with E-state index in [-0.39, 0.29) is 10.8 Å². The van der Waals surface area contributed by atoms with Crippen molar-refractivity contribution in [3.63, 3.8) is 0 Å². The number of rotatable bonds is 6. The summed E-state index contributed by atoms with van der Waals surface area (Å²) in [7, 11) is -2.25. The predicted octanol–water partition coefficient (Wildman–Crippen LogP) is 5.48. The van der Waals surface area contributed by atoms with Crippen LogP contribution in [-0.4, -0.2) is 26.4 Å². The number of benzene rings is 3. The summed E-state index contributed by atoms with van der Waals surface area (Å²) >= 11 is 3.23. The Morgan fingerprint density at radius 2 is 1.74 bits per heavy atom. The van der Waals surface area contributed by atoms with E-state index in [2.05, 4.69) is 21.1 Å². The molecule has 3 aromatic carbocycles. The smallest absolute Gasteiger partial charge is 0.261 e. The second kappa shape index (κ2) is 9.13. The van der Waals surface area contributed by atoms with Crippen molar-refractivity contribution in [3.8, 4) is 17.0 Å². The molecule has 4 aromatic rings. The summed E-state index contributed by atoms with van der Waals surface area (Å²) in [5.41, 5.74) is 2.75. The molecule has 5 rings (SSSR count). The standard InChI is InChI=1S/C24H19N3O4S3/c1-31-17-10-12-18(13-11-17)34(29,30)27-16-8-6-15(7-9-16)23(28)26-24-25-22-19-4-2-3-5-20(19)32-14-21(22)33-24/h2-13,27H,14H2,1H3,(H,25,26,28). The van der Waals surface area contributed by atoms with Gasteiger partial charge in [0.25, 0.3) is 15.9 Å². The molecule has 34 heavy (non-hydrogen) atoms. The normalized spacial score (nSPS) is 12.4. The van der Waals surface area contributed by atoms with Gasteiger partial charge >= 0.3 is 0 Å². The highest BCUT2D eigenvalue weighted by Crippen LogP contribution is 2.44. The van der Waals surface area contributed by atoms with E-state index in [4.69, 9.17) is 4.74 Å². The number of thiazole rings is 1. The van der Waals surface area contributed by atoms with E-state index in [0.29, 0.717) is 22.1 Å². The molecule has 1 aliphatic heterocycles. The van der Waals surface area contributed by atoms with Crippen LogP contribution in [0.2, 0.25) is 0 Å². The Morgan fingerprint density at radius 3 is 2.47 bits per heavy atom. The molecule has 1 amide bonds. The van der Waals surface area contributed by atoms with Gasteiger partial charge in [-0.3, -0.25) is 14.8 Å². The number of anilines is 2. The SMILES string of the molecule is COc1ccc(S(=O)(=O)Nc2ccc(C(=O)Nc3nc4c(s3)CSc3ccccc3-4)cc2)cc1. The van der Waals surface area contributed by atoms with E-state index >= 15 is 0 Å². The second-order valence-corrected chi connectivity index (χ2v) is 11.2. The molecule has 0 fully saturated rings. The molecule has 2 N–H and O–H groups in total. The van der Waals surface area contributed by atoms with Crippen LogP contribution in [0, 0.1) is 0 Å². The lowest BCUT2D eigenvalue weighted by Crippen LogP contribution is -2.14. The van der Waals surface area contributed by atoms with Crippen molar-refractivity contribution >= 4 is 49.8 Å². The minimum absolute atomic E-state index is 0.114. The number of ether oxygens (including phenoxy) is 1. The summed E-state index contributed by atoms with van der Waals surface area (Å²) in [6, 6.07) is 20.4. The predicted molar refractivity (Wildman–Crippen MR) is 135 cm³/mol. The number of nitrogens with zero attached hydrogens (tertiary/aromatic N) is 1. The zero-order chi connectivity index (χ0) is 23.7. The van der Waals surface area contributed by atoms with E-state index in [1.807, 2.05) is 18.2 Å². The number of hydrogen-bond donors (Lipinski definition) is 2. The molecular formula is C24H19N3O4S3. The molecule has 1 aliphatic rings. The molecule has 7 nitrogen and oxygen atoms in total. The van der Waals surface area contributed by atoms with Gasteiger partial charge in [-0.2, -0.15) is 0 Å². The maximum atomic E-state index is 12.8. The number of fused-ring (bicyclic) bond motifs is 3. The number of aromatic nitrogens is 1. The molecule has 0 unspecified atom stereocenters. The molecule has 10 heteroatoms. The summed E-state index contributed by atoms with van der Waals surface area (Å²) < 4.78 is 32.8. The number of thioether (sulfide) groups is 1. The molecule has 0 spiro atoms. The maximum absolute atomic E-state index is 12.8. The van der Waals surface area contributed by atoms with Crippen LogP contribution in [0.4, 0.5) is 10.8 Å². The van der Waals surface area contributed by atoms with Crippen molar-refractivity contribution in [2.24, 2.45) is 0 Å². The molecular weight excluding hydrogens is 490 g/mol. The third-order valence-corrected chi connectivity index (χ3v) is 8.84. The highest BCUT2D eigenvalue weighted by molar-refractivity contribution is 7.98. The fourth-order valence-corrected chi connectivity index (χ4v) is 6.63. The molecule has 0 atom stereocenters. The molecule has 2 heterocycles. The van der Waals surface area contributed by atoms with Gasteiger partial charge in [0.05, 0.1) is 17.7 Å². The van der Waals surface area contributed by atoms with Crippen molar-refractivity contribution in [1.29, 1.82) is 0 Å². The molecule has 172 valence electrons. The highest BCUT2D eigenvalue weighted by atomic mass is 32.2. The van der Waals surface area contributed by atoms with Gasteiger partial charge in [0, 0.05) is 32.3 Å². The lowest BCUT2D eigenvalue weighted by atomic mass is 10.1. The van der Waals surface area contributed by atoms with Crippen LogP contribution >= 0.6 is 23.1 Å². The zero-order valence-electron chi connectivity index (χ0n) is 17.9. The Bertz CT molecular complexity index is 1460. The van der Waals surface area contributed by atoms with Crippen molar-refractivity contribution in [2.75, 3.05) is 17.1 Å². The van der Waals surface area contributed by atoms with Gasteiger partial charge in [-0.15, -0.1) is 23.1 Å². The van der Waals surface area contributed by atoms with Crippen molar-refractivity contribution in [2.45, 2.75) is 15.5 Å². The Morgan fingerprint density at radius 1 is 1.00 bits per heavy atom. The highest BCUT2D eigenvalue weighted by Gasteiger charge is 2.22. The van der Waals surface area contributed by atoms with Crippen LogP contribution in [0.15, 0.2) is 82.6 Å². The average molecular weight is 510 g/mol. The lowest BCUT2D eigenvalue weighted by molar-refractivity contribution is 0.102. The average Bonchev–Trinajstić information content (AvgIpc) is 3.27. The van der Waals surface area contributed by atoms with Crippen molar-refractivity contribution in [1.82, 2.24) is 4.98 Å². The summed E-state index contributed by atoms with van der Waals surface area (Å²) in [4.78, 5) is 19.8. The number of amides is 1. The zero-order valence-corrected chi connectivity index (χ0v) is 20.4. The molecule has 0 saturated heterocycles. The number of methoxy groups -OCH3 is 1. The van der Waals surface area contributed by atoms with E-state index < -0.39 is 10.0 Å². The van der Waals surface area contributed by atoms with Gasteiger partial charge in [-0.05, 0) is 54.6 Å². The maximum Gasteiger partial charge on any atom is 0.261 e. The van der Waals surface area contributed by atoms with Crippen LogP contribution in [0.1, 0.15) is 15.2 Å². The molecule has 0 radical (unpaired) electrons. The van der Waals surface area contributed by atoms with Gasteiger partial charge < -0.3 is 4.74 Å². The summed E-state index contributed by atoms with van der Waals surface area (Å²) in [5.74, 6) is 1.08. The van der Waals surface area contributed by atoms with Gasteiger partial charge in [0.15, 0.2) is 5.13 Å². The fraction of sp³-hybridized carbons (Fsp3) is 0.0833. The number of sulfonamides is 1. The quantitative estimate of drug-likeness (QED) is 0.357. The van der Waals surface area contributed by atoms with E-state index in [1.165, 1.54) is 35.5 Å². The number of nitrogens with one attached hydrogen (secondary N) is 2. The topological polar surface area (TPSA) is 97.4 Å². The number of carbonyl (C=O) groups is 1. The Balaban J connectivity index is 1.28. The minimum Gasteiger partial charge on any atom is -0.497 e. The van der Waals surface area contributed by atoms with E-state index in [1.54, 1.807) is 48.2 Å². The second-order valence-electron chi connectivity index (χ2n) is 7.39. The van der Waals surface area contributed by atoms with Crippen LogP contribution in [-0.2, 0) is 15.8 Å². The van der Waals surface area contributed by atoms with Crippen molar-refractivity contribution < 1.29 is 17.9 Å². The summed E-state index contributed by atoms with van der Waals surface area (Å²) in [6.45, 7) is 0. The van der Waals surface area contributed by atoms with Gasteiger partial charge in [0.1, 0.15) is 5.75 Å². The minimum atomic E-state index is -3.76. The summed E-state index contributed by atoms with van der Waals surface area (Å²) in [6.07, 6.45) is 0. The number of carbonyl (C=O) groups excluding carboxylic acids is 1. The Labute approximate surface area is 205 Å². The van der Waals surface area contributed by atoms with Gasteiger partial charge in [-0.25, -0.2) is 13.4 Å². The Hall–Kier alpha value is -3.34. The third kappa shape index (κ3) is 4.52. The molecule has 0 bridgehead atoms. The first-order valence-corrected chi connectivity index (χ1v) is 13.5. The fourth-order valence-electron chi connectivity index (χ4n) is 3.47. The van der Waals surface area contributed by atoms with Crippen LogP contribution in [0.3, 0.4) is 0 Å². The molecule has 0 saturated carbocycles. The van der Waals surface area contributed by atoms with Crippen LogP contribution in [0.25, 0.3) is 11.3 Å². The first-order chi connectivity index (χ1) is 16.4. The van der Waals surface area contributed by atoms with E-state index in [0.717, 1.165) is 21.9 Å². The summed E-state index contributed by atoms with van der Waals surface area (Å²) in [5, 5.41) is 3.40. The molecule has 1 aromatic heterocycles. The van der Waals surface area contributed by atoms with Crippen LogP contribution in [0.5, 0.6) is 5.75 Å². The Kier molecular flexibility index (Phi) is 6.03. The van der Waals surface area contributed by atoms with Gasteiger partial charge in [-0.1, -0.05) is 18.2 Å². The lowest BCUT2D eigenvalue weighted by Gasteiger charge is -2.13. The van der Waals surface area contributed by atoms with Gasteiger partial charge in [0.2, 0.25) is 0 Å². The first kappa shape index (κ1) is 22.5. The van der Waals surface area contributed by atoms with Crippen LogP contribution < -0.4 is 14.8 Å². The first-order valence-electron chi connectivity index (χ1n) is 10.2. The monoisotopic (exact) mass is 509 g/mol. The van der Waals surface area contributed by atoms with E-state index in [9.17, 15) is 13.2 Å². The molecule has 0 aliphatic carbocycles. The number of hydrogen-bond acceptors (Lipinski definition) is 7. The third-order valence-electron chi connectivity index (χ3n) is 5.19.